The van der Waals surface area contributed by atoms with Crippen LogP contribution in [0.15, 0.2) is 0 Å². The number of carbonyl (C=O) groups excluding carboxylic acids is 1. The Morgan fingerprint density at radius 2 is 1.72 bits per heavy atom. The summed E-state index contributed by atoms with van der Waals surface area (Å²) in [6, 6.07) is -0.952. The summed E-state index contributed by atoms with van der Waals surface area (Å²) in [6.45, 7) is 2.09. The lowest BCUT2D eigenvalue weighted by Gasteiger charge is -2.29. The van der Waals surface area contributed by atoms with Gasteiger partial charge in [0.25, 0.3) is 6.01 Å². The zero-order valence-corrected chi connectivity index (χ0v) is 16.0. The molecule has 29 heavy (non-hydrogen) atoms. The SMILES string of the molecule is C[C@@H](COC1CCC(Oc2nc3c(F)c(F)c(F)c(F)c3n2C)CC1)NC(N)=O. The number of aryl methyl sites for hydroxylation is 1. The predicted molar refractivity (Wildman–Crippen MR) is 95.4 cm³/mol. The molecule has 11 heteroatoms. The van der Waals surface area contributed by atoms with Gasteiger partial charge >= 0.3 is 6.03 Å². The monoisotopic (exact) mass is 418 g/mol. The molecule has 1 heterocycles. The van der Waals surface area contributed by atoms with Crippen LogP contribution in [-0.2, 0) is 11.8 Å². The van der Waals surface area contributed by atoms with Crippen molar-refractivity contribution >= 4 is 17.1 Å². The van der Waals surface area contributed by atoms with Crippen molar-refractivity contribution in [1.82, 2.24) is 14.9 Å². The van der Waals surface area contributed by atoms with Crippen LogP contribution in [0.25, 0.3) is 11.0 Å². The third kappa shape index (κ3) is 4.39. The third-order valence-corrected chi connectivity index (χ3v) is 4.91. The Labute approximate surface area is 164 Å². The first kappa shape index (κ1) is 21.2. The van der Waals surface area contributed by atoms with Gasteiger partial charge in [0.1, 0.15) is 17.1 Å². The van der Waals surface area contributed by atoms with Gasteiger partial charge in [-0.2, -0.15) is 4.98 Å². The molecule has 1 saturated carbocycles. The Morgan fingerprint density at radius 1 is 1.14 bits per heavy atom. The summed E-state index contributed by atoms with van der Waals surface area (Å²) in [6.07, 6.45) is 2.23. The minimum Gasteiger partial charge on any atom is -0.461 e. The number of imidazole rings is 1. The topological polar surface area (TPSA) is 91.4 Å². The van der Waals surface area contributed by atoms with E-state index in [1.807, 2.05) is 0 Å². The van der Waals surface area contributed by atoms with E-state index in [9.17, 15) is 22.4 Å². The van der Waals surface area contributed by atoms with Gasteiger partial charge in [-0.15, -0.1) is 0 Å². The minimum absolute atomic E-state index is 0.0227. The van der Waals surface area contributed by atoms with Gasteiger partial charge in [-0.1, -0.05) is 0 Å². The number of primary amides is 1. The standard InChI is InChI=1S/C18H22F4N4O3/c1-8(24-17(23)27)7-28-9-3-5-10(6-4-9)29-18-25-15-13(21)11(19)12(20)14(22)16(15)26(18)2/h8-10H,3-7H2,1-2H3,(H3,23,24,27)/t8-,9?,10?/m0/s1. The number of nitrogens with one attached hydrogen (secondary N) is 1. The molecule has 0 radical (unpaired) electrons. The fourth-order valence-corrected chi connectivity index (χ4v) is 3.42. The van der Waals surface area contributed by atoms with Crippen molar-refractivity contribution in [3.05, 3.63) is 23.3 Å². The van der Waals surface area contributed by atoms with Gasteiger partial charge in [-0.05, 0) is 32.6 Å². The number of nitrogens with two attached hydrogens (primary N) is 1. The smallest absolute Gasteiger partial charge is 0.312 e. The summed E-state index contributed by atoms with van der Waals surface area (Å²) in [4.78, 5) is 14.6. The first-order valence-corrected chi connectivity index (χ1v) is 9.21. The Balaban J connectivity index is 1.62. The van der Waals surface area contributed by atoms with E-state index in [2.05, 4.69) is 10.3 Å². The highest BCUT2D eigenvalue weighted by Gasteiger charge is 2.28. The van der Waals surface area contributed by atoms with Crippen LogP contribution in [0.3, 0.4) is 0 Å². The Hall–Kier alpha value is -2.56. The fraction of sp³-hybridized carbons (Fsp3) is 0.556. The quantitative estimate of drug-likeness (QED) is 0.429. The average Bonchev–Trinajstić information content (AvgIpc) is 3.00. The molecule has 3 rings (SSSR count). The number of rotatable bonds is 6. The number of carbonyl (C=O) groups is 1. The number of aromatic nitrogens is 2. The van der Waals surface area contributed by atoms with Gasteiger partial charge in [0.15, 0.2) is 23.3 Å². The summed E-state index contributed by atoms with van der Waals surface area (Å²) in [5.41, 5.74) is 3.94. The fourth-order valence-electron chi connectivity index (χ4n) is 3.42. The molecule has 0 saturated heterocycles. The number of halogens is 4. The highest BCUT2D eigenvalue weighted by atomic mass is 19.2. The molecule has 3 N–H and O–H groups in total. The van der Waals surface area contributed by atoms with Crippen LogP contribution in [0.2, 0.25) is 0 Å². The summed E-state index contributed by atoms with van der Waals surface area (Å²) in [5.74, 6) is -6.86. The van der Waals surface area contributed by atoms with Gasteiger partial charge in [0.05, 0.1) is 18.8 Å². The Kier molecular flexibility index (Phi) is 6.15. The molecule has 0 bridgehead atoms. The number of ether oxygens (including phenoxy) is 2. The summed E-state index contributed by atoms with van der Waals surface area (Å²) in [5, 5.41) is 2.52. The van der Waals surface area contributed by atoms with Crippen molar-refractivity contribution in [2.45, 2.75) is 50.9 Å². The Bertz CT molecular complexity index is 913. The molecule has 0 unspecified atom stereocenters. The van der Waals surface area contributed by atoms with Crippen LogP contribution in [0, 0.1) is 23.3 Å². The summed E-state index contributed by atoms with van der Waals surface area (Å²) in [7, 11) is 1.34. The van der Waals surface area contributed by atoms with Crippen molar-refractivity contribution in [1.29, 1.82) is 0 Å². The molecular weight excluding hydrogens is 396 g/mol. The molecule has 1 aliphatic rings. The van der Waals surface area contributed by atoms with Crippen LogP contribution in [0.4, 0.5) is 22.4 Å². The van der Waals surface area contributed by atoms with Crippen LogP contribution < -0.4 is 15.8 Å². The zero-order chi connectivity index (χ0) is 21.3. The average molecular weight is 418 g/mol. The number of hydrogen-bond acceptors (Lipinski definition) is 4. The van der Waals surface area contributed by atoms with E-state index >= 15 is 0 Å². The molecule has 2 aromatic rings. The van der Waals surface area contributed by atoms with E-state index in [4.69, 9.17) is 15.2 Å². The van der Waals surface area contributed by atoms with Gasteiger partial charge in [0.2, 0.25) is 0 Å². The zero-order valence-electron chi connectivity index (χ0n) is 16.0. The second kappa shape index (κ2) is 8.44. The minimum atomic E-state index is -1.91. The van der Waals surface area contributed by atoms with E-state index < -0.39 is 40.3 Å². The van der Waals surface area contributed by atoms with Crippen LogP contribution in [0.5, 0.6) is 6.01 Å². The van der Waals surface area contributed by atoms with Gasteiger partial charge in [-0.3, -0.25) is 4.57 Å². The molecular formula is C18H22F4N4O3. The van der Waals surface area contributed by atoms with E-state index in [1.165, 1.54) is 7.05 Å². The van der Waals surface area contributed by atoms with Gasteiger partial charge in [0, 0.05) is 7.05 Å². The van der Waals surface area contributed by atoms with Crippen molar-refractivity contribution in [3.8, 4) is 6.01 Å². The number of amides is 2. The highest BCUT2D eigenvalue weighted by molar-refractivity contribution is 5.78. The molecule has 0 spiro atoms. The van der Waals surface area contributed by atoms with Crippen molar-refractivity contribution in [2.75, 3.05) is 6.61 Å². The Morgan fingerprint density at radius 3 is 2.34 bits per heavy atom. The second-order valence-electron chi connectivity index (χ2n) is 7.17. The lowest BCUT2D eigenvalue weighted by molar-refractivity contribution is -0.00550. The molecule has 2 amide bonds. The molecule has 160 valence electrons. The van der Waals surface area contributed by atoms with Crippen LogP contribution in [0.1, 0.15) is 32.6 Å². The van der Waals surface area contributed by atoms with Crippen molar-refractivity contribution < 1.29 is 31.8 Å². The molecule has 1 fully saturated rings. The lowest BCUT2D eigenvalue weighted by Crippen LogP contribution is -2.40. The number of urea groups is 1. The van der Waals surface area contributed by atoms with E-state index in [0.717, 1.165) is 4.57 Å². The lowest BCUT2D eigenvalue weighted by atomic mass is 9.95. The predicted octanol–water partition coefficient (Wildman–Crippen LogP) is 2.89. The van der Waals surface area contributed by atoms with Crippen molar-refractivity contribution in [3.63, 3.8) is 0 Å². The van der Waals surface area contributed by atoms with Crippen LogP contribution in [-0.4, -0.2) is 40.4 Å². The van der Waals surface area contributed by atoms with Gasteiger partial charge < -0.3 is 20.5 Å². The normalized spacial score (nSPS) is 20.6. The van der Waals surface area contributed by atoms with E-state index in [-0.39, 0.29) is 24.3 Å². The number of nitrogens with zero attached hydrogens (tertiary/aromatic N) is 2. The molecule has 7 nitrogen and oxygen atoms in total. The largest absolute Gasteiger partial charge is 0.461 e. The second-order valence-corrected chi connectivity index (χ2v) is 7.17. The van der Waals surface area contributed by atoms with E-state index in [1.54, 1.807) is 6.92 Å². The first-order chi connectivity index (χ1) is 13.7. The maximum Gasteiger partial charge on any atom is 0.312 e. The molecule has 1 aromatic heterocycles. The maximum absolute atomic E-state index is 14.0. The summed E-state index contributed by atoms with van der Waals surface area (Å²) < 4.78 is 67.4. The molecule has 0 aliphatic heterocycles. The van der Waals surface area contributed by atoms with E-state index in [0.29, 0.717) is 32.3 Å². The molecule has 1 aliphatic carbocycles. The van der Waals surface area contributed by atoms with Crippen molar-refractivity contribution in [2.24, 2.45) is 12.8 Å². The number of fused-ring (bicyclic) bond motifs is 1. The number of hydrogen-bond donors (Lipinski definition) is 2. The number of benzene rings is 1. The molecule has 1 aromatic carbocycles. The molecule has 1 atom stereocenters. The maximum atomic E-state index is 14.0. The van der Waals surface area contributed by atoms with Gasteiger partial charge in [-0.25, -0.2) is 22.4 Å². The highest BCUT2D eigenvalue weighted by Crippen LogP contribution is 2.31. The first-order valence-electron chi connectivity index (χ1n) is 9.21. The third-order valence-electron chi connectivity index (χ3n) is 4.91. The van der Waals surface area contributed by atoms with Crippen LogP contribution >= 0.6 is 0 Å². The summed E-state index contributed by atoms with van der Waals surface area (Å²) >= 11 is 0.